The average Bonchev–Trinajstić information content (AvgIpc) is 2.70. The Bertz CT molecular complexity index is 993. The summed E-state index contributed by atoms with van der Waals surface area (Å²) < 4.78 is 44.5. The lowest BCUT2D eigenvalue weighted by Crippen LogP contribution is -2.39. The van der Waals surface area contributed by atoms with Gasteiger partial charge in [0.25, 0.3) is 5.91 Å². The Morgan fingerprint density at radius 1 is 1.11 bits per heavy atom. The molecule has 1 amide bonds. The van der Waals surface area contributed by atoms with E-state index in [4.69, 9.17) is 4.74 Å². The fraction of sp³-hybridized carbons (Fsp3) is 0.263. The van der Waals surface area contributed by atoms with Crippen molar-refractivity contribution in [3.63, 3.8) is 0 Å². The first kappa shape index (κ1) is 20.0. The third-order valence-electron chi connectivity index (χ3n) is 4.30. The van der Waals surface area contributed by atoms with Crippen LogP contribution in [-0.2, 0) is 30.8 Å². The zero-order valence-electron chi connectivity index (χ0n) is 14.9. The summed E-state index contributed by atoms with van der Waals surface area (Å²) in [5.41, 5.74) is 1.83. The van der Waals surface area contributed by atoms with Gasteiger partial charge >= 0.3 is 5.97 Å². The number of carbonyl (C=O) groups is 2. The lowest BCUT2D eigenvalue weighted by atomic mass is 10.0. The molecule has 0 saturated carbocycles. The molecule has 0 aromatic heterocycles. The quantitative estimate of drug-likeness (QED) is 0.736. The fourth-order valence-electron chi connectivity index (χ4n) is 2.96. The number of ether oxygens (including phenoxy) is 1. The number of carbonyl (C=O) groups excluding carboxylic acids is 2. The highest BCUT2D eigenvalue weighted by atomic mass is 32.2. The van der Waals surface area contributed by atoms with Crippen LogP contribution in [0.1, 0.15) is 12.0 Å². The summed E-state index contributed by atoms with van der Waals surface area (Å²) >= 11 is 0. The van der Waals surface area contributed by atoms with Gasteiger partial charge in [0.15, 0.2) is 6.61 Å². The maximum atomic E-state index is 13.6. The molecule has 0 aliphatic carbocycles. The summed E-state index contributed by atoms with van der Waals surface area (Å²) in [4.78, 5) is 25.2. The van der Waals surface area contributed by atoms with Gasteiger partial charge in [0.2, 0.25) is 10.0 Å². The lowest BCUT2D eigenvalue weighted by molar-refractivity contribution is -0.146. The number of nitrogens with one attached hydrogen (secondary N) is 1. The van der Waals surface area contributed by atoms with E-state index in [2.05, 4.69) is 0 Å². The zero-order chi connectivity index (χ0) is 20.1. The predicted molar refractivity (Wildman–Crippen MR) is 99.7 cm³/mol. The van der Waals surface area contributed by atoms with E-state index in [0.717, 1.165) is 36.2 Å². The molecule has 2 aromatic carbocycles. The Kier molecular flexibility index (Phi) is 6.05. The number of nitrogens with zero attached hydrogens (tertiary/aromatic N) is 1. The summed E-state index contributed by atoms with van der Waals surface area (Å²) in [6, 6.07) is 12.3. The van der Waals surface area contributed by atoms with Crippen LogP contribution in [0.15, 0.2) is 53.4 Å². The normalized spacial score (nSPS) is 13.7. The first-order valence-corrected chi connectivity index (χ1v) is 10.1. The van der Waals surface area contributed by atoms with Crippen LogP contribution in [0.25, 0.3) is 0 Å². The molecule has 148 valence electrons. The van der Waals surface area contributed by atoms with Crippen LogP contribution in [-0.4, -0.2) is 40.0 Å². The Morgan fingerprint density at radius 3 is 2.61 bits per heavy atom. The van der Waals surface area contributed by atoms with Gasteiger partial charge in [0, 0.05) is 12.2 Å². The van der Waals surface area contributed by atoms with Crippen molar-refractivity contribution < 1.29 is 27.1 Å². The Labute approximate surface area is 162 Å². The number of amides is 1. The van der Waals surface area contributed by atoms with Gasteiger partial charge in [0.05, 0.1) is 0 Å². The topological polar surface area (TPSA) is 92.8 Å². The van der Waals surface area contributed by atoms with Crippen molar-refractivity contribution in [2.45, 2.75) is 17.7 Å². The number of esters is 1. The van der Waals surface area contributed by atoms with Gasteiger partial charge < -0.3 is 9.64 Å². The molecule has 0 spiro atoms. The van der Waals surface area contributed by atoms with E-state index in [9.17, 15) is 22.4 Å². The number of benzene rings is 2. The van der Waals surface area contributed by atoms with Gasteiger partial charge in [-0.1, -0.05) is 30.3 Å². The predicted octanol–water partition coefficient (Wildman–Crippen LogP) is 1.63. The smallest absolute Gasteiger partial charge is 0.321 e. The summed E-state index contributed by atoms with van der Waals surface area (Å²) in [5, 5.41) is 0. The van der Waals surface area contributed by atoms with Gasteiger partial charge in [-0.25, -0.2) is 12.8 Å². The molecule has 0 atom stereocenters. The highest BCUT2D eigenvalue weighted by molar-refractivity contribution is 7.89. The molecule has 0 radical (unpaired) electrons. The van der Waals surface area contributed by atoms with Crippen molar-refractivity contribution in [2.75, 3.05) is 24.6 Å². The molecule has 1 aliphatic heterocycles. The fourth-order valence-corrected chi connectivity index (χ4v) is 4.00. The van der Waals surface area contributed by atoms with Crippen LogP contribution in [0.3, 0.4) is 0 Å². The Balaban J connectivity index is 1.54. The second-order valence-corrected chi connectivity index (χ2v) is 7.93. The molecular weight excluding hydrogens is 387 g/mol. The van der Waals surface area contributed by atoms with E-state index in [1.807, 2.05) is 29.0 Å². The lowest BCUT2D eigenvalue weighted by Gasteiger charge is -2.29. The van der Waals surface area contributed by atoms with Crippen LogP contribution >= 0.6 is 0 Å². The molecule has 1 heterocycles. The molecule has 2 aromatic rings. The molecular formula is C19H19FN2O5S. The summed E-state index contributed by atoms with van der Waals surface area (Å²) in [7, 11) is -4.21. The van der Waals surface area contributed by atoms with Crippen LogP contribution in [0, 0.1) is 5.82 Å². The Morgan fingerprint density at radius 2 is 1.82 bits per heavy atom. The van der Waals surface area contributed by atoms with Crippen molar-refractivity contribution in [1.82, 2.24) is 4.72 Å². The van der Waals surface area contributed by atoms with Crippen molar-refractivity contribution in [3.05, 3.63) is 59.9 Å². The highest BCUT2D eigenvalue weighted by Gasteiger charge is 2.24. The molecule has 0 saturated heterocycles. The molecule has 0 unspecified atom stereocenters. The summed E-state index contributed by atoms with van der Waals surface area (Å²) in [6.45, 7) is -0.692. The van der Waals surface area contributed by atoms with Gasteiger partial charge in [-0.2, -0.15) is 4.72 Å². The van der Waals surface area contributed by atoms with E-state index in [-0.39, 0.29) is 0 Å². The first-order valence-electron chi connectivity index (χ1n) is 8.66. The van der Waals surface area contributed by atoms with Crippen LogP contribution in [0.5, 0.6) is 0 Å². The van der Waals surface area contributed by atoms with Crippen LogP contribution < -0.4 is 9.62 Å². The summed E-state index contributed by atoms with van der Waals surface area (Å²) in [6.07, 6.45) is 1.68. The second kappa shape index (κ2) is 8.49. The molecule has 1 aliphatic rings. The molecule has 1 N–H and O–H groups in total. The number of anilines is 1. The monoisotopic (exact) mass is 406 g/mol. The van der Waals surface area contributed by atoms with E-state index in [1.165, 1.54) is 12.1 Å². The zero-order valence-corrected chi connectivity index (χ0v) is 15.7. The number of sulfonamides is 1. The number of para-hydroxylation sites is 1. The van der Waals surface area contributed by atoms with E-state index < -0.39 is 45.8 Å². The standard InChI is InChI=1S/C19H19FN2O5S/c20-15-8-2-4-10-17(15)28(25,26)21-12-19(24)27-13-18(23)22-11-5-7-14-6-1-3-9-16(14)22/h1-4,6,8-10,21H,5,7,11-13H2. The minimum absolute atomic E-state index is 0.391. The first-order chi connectivity index (χ1) is 13.4. The largest absolute Gasteiger partial charge is 0.455 e. The van der Waals surface area contributed by atoms with Crippen molar-refractivity contribution in [3.8, 4) is 0 Å². The Hall–Kier alpha value is -2.78. The third kappa shape index (κ3) is 4.55. The van der Waals surface area contributed by atoms with Gasteiger partial charge in [-0.3, -0.25) is 9.59 Å². The molecule has 0 fully saturated rings. The highest BCUT2D eigenvalue weighted by Crippen LogP contribution is 2.26. The molecule has 28 heavy (non-hydrogen) atoms. The molecule has 3 rings (SSSR count). The SMILES string of the molecule is O=C(CNS(=O)(=O)c1ccccc1F)OCC(=O)N1CCCc2ccccc21. The number of rotatable bonds is 6. The van der Waals surface area contributed by atoms with Crippen LogP contribution in [0.4, 0.5) is 10.1 Å². The minimum Gasteiger partial charge on any atom is -0.455 e. The molecule has 7 nitrogen and oxygen atoms in total. The van der Waals surface area contributed by atoms with E-state index in [0.29, 0.717) is 6.54 Å². The maximum absolute atomic E-state index is 13.6. The average molecular weight is 406 g/mol. The second-order valence-electron chi connectivity index (χ2n) is 6.19. The van der Waals surface area contributed by atoms with E-state index in [1.54, 1.807) is 4.90 Å². The van der Waals surface area contributed by atoms with Gasteiger partial charge in [-0.05, 0) is 36.6 Å². The van der Waals surface area contributed by atoms with Crippen molar-refractivity contribution in [2.24, 2.45) is 0 Å². The number of halogens is 1. The number of aryl methyl sites for hydroxylation is 1. The molecule has 9 heteroatoms. The van der Waals surface area contributed by atoms with Crippen molar-refractivity contribution >= 4 is 27.6 Å². The van der Waals surface area contributed by atoms with Gasteiger partial charge in [0.1, 0.15) is 17.3 Å². The van der Waals surface area contributed by atoms with E-state index >= 15 is 0 Å². The number of fused-ring (bicyclic) bond motifs is 1. The number of hydrogen-bond acceptors (Lipinski definition) is 5. The minimum atomic E-state index is -4.21. The summed E-state index contributed by atoms with van der Waals surface area (Å²) in [5.74, 6) is -2.25. The number of hydrogen-bond donors (Lipinski definition) is 1. The van der Waals surface area contributed by atoms with Crippen LogP contribution in [0.2, 0.25) is 0 Å². The maximum Gasteiger partial charge on any atom is 0.321 e. The third-order valence-corrected chi connectivity index (χ3v) is 5.74. The van der Waals surface area contributed by atoms with Crippen molar-refractivity contribution in [1.29, 1.82) is 0 Å². The van der Waals surface area contributed by atoms with Gasteiger partial charge in [-0.15, -0.1) is 0 Å². The molecule has 0 bridgehead atoms.